The monoisotopic (exact) mass is 516 g/mol. The number of amides is 1. The van der Waals surface area contributed by atoms with E-state index in [0.29, 0.717) is 29.7 Å². The van der Waals surface area contributed by atoms with Crippen LogP contribution in [0.2, 0.25) is 5.02 Å². The standard InChI is InChI=1S/C26H29ClN2O5S/c1-4-33-23-12-6-20(7-13-23)19(3)28-26(30)18-29(22-10-14-24(15-11-22)34-5-2)35(31,32)25-16-8-21(27)9-17-25/h6-17,19H,4-5,18H2,1-3H3,(H,28,30)/t19-/m0/s1. The molecule has 3 aromatic carbocycles. The van der Waals surface area contributed by atoms with Crippen molar-refractivity contribution in [3.8, 4) is 11.5 Å². The van der Waals surface area contributed by atoms with Crippen molar-refractivity contribution in [2.24, 2.45) is 0 Å². The molecule has 186 valence electrons. The first-order valence-electron chi connectivity index (χ1n) is 11.3. The van der Waals surface area contributed by atoms with Crippen molar-refractivity contribution in [3.63, 3.8) is 0 Å². The van der Waals surface area contributed by atoms with Crippen molar-refractivity contribution in [1.82, 2.24) is 5.32 Å². The molecular formula is C26H29ClN2O5S. The third-order valence-electron chi connectivity index (χ3n) is 5.19. The number of hydrogen-bond acceptors (Lipinski definition) is 5. The second-order valence-electron chi connectivity index (χ2n) is 7.68. The van der Waals surface area contributed by atoms with Crippen LogP contribution >= 0.6 is 11.6 Å². The van der Waals surface area contributed by atoms with Gasteiger partial charge in [0.25, 0.3) is 10.0 Å². The minimum Gasteiger partial charge on any atom is -0.494 e. The van der Waals surface area contributed by atoms with E-state index in [1.54, 1.807) is 24.3 Å². The van der Waals surface area contributed by atoms with Gasteiger partial charge in [-0.3, -0.25) is 9.10 Å². The van der Waals surface area contributed by atoms with Crippen molar-refractivity contribution >= 4 is 33.2 Å². The smallest absolute Gasteiger partial charge is 0.264 e. The second kappa shape index (κ2) is 12.0. The van der Waals surface area contributed by atoms with Gasteiger partial charge >= 0.3 is 0 Å². The number of carbonyl (C=O) groups is 1. The molecule has 1 N–H and O–H groups in total. The number of halogens is 1. The van der Waals surface area contributed by atoms with Crippen LogP contribution in [0.1, 0.15) is 32.4 Å². The first-order valence-corrected chi connectivity index (χ1v) is 13.1. The molecule has 0 bridgehead atoms. The zero-order valence-electron chi connectivity index (χ0n) is 19.9. The largest absolute Gasteiger partial charge is 0.494 e. The highest BCUT2D eigenvalue weighted by Crippen LogP contribution is 2.27. The highest BCUT2D eigenvalue weighted by Gasteiger charge is 2.28. The van der Waals surface area contributed by atoms with Crippen LogP contribution in [0.3, 0.4) is 0 Å². The Morgan fingerprint density at radius 1 is 0.886 bits per heavy atom. The Kier molecular flexibility index (Phi) is 9.01. The summed E-state index contributed by atoms with van der Waals surface area (Å²) in [5, 5.41) is 3.30. The van der Waals surface area contributed by atoms with E-state index in [1.165, 1.54) is 24.3 Å². The zero-order valence-corrected chi connectivity index (χ0v) is 21.5. The van der Waals surface area contributed by atoms with Gasteiger partial charge in [-0.15, -0.1) is 0 Å². The molecule has 0 saturated carbocycles. The minimum absolute atomic E-state index is 0.0307. The van der Waals surface area contributed by atoms with Crippen molar-refractivity contribution in [1.29, 1.82) is 0 Å². The van der Waals surface area contributed by atoms with Crippen molar-refractivity contribution < 1.29 is 22.7 Å². The highest BCUT2D eigenvalue weighted by molar-refractivity contribution is 7.92. The summed E-state index contributed by atoms with van der Waals surface area (Å²) in [6.07, 6.45) is 0. The lowest BCUT2D eigenvalue weighted by Gasteiger charge is -2.25. The molecular weight excluding hydrogens is 488 g/mol. The number of anilines is 1. The Morgan fingerprint density at radius 2 is 1.40 bits per heavy atom. The van der Waals surface area contributed by atoms with Crippen LogP contribution < -0.4 is 19.1 Å². The lowest BCUT2D eigenvalue weighted by Crippen LogP contribution is -2.41. The summed E-state index contributed by atoms with van der Waals surface area (Å²) in [4.78, 5) is 13.0. The molecule has 0 aliphatic heterocycles. The van der Waals surface area contributed by atoms with Gasteiger partial charge in [0.1, 0.15) is 18.0 Å². The maximum atomic E-state index is 13.5. The summed E-state index contributed by atoms with van der Waals surface area (Å²) in [6, 6.07) is 19.5. The quantitative estimate of drug-likeness (QED) is 0.378. The van der Waals surface area contributed by atoms with Crippen LogP contribution in [0.5, 0.6) is 11.5 Å². The number of hydrogen-bond donors (Lipinski definition) is 1. The summed E-state index contributed by atoms with van der Waals surface area (Å²) in [6.45, 7) is 6.25. The van der Waals surface area contributed by atoms with Crippen molar-refractivity contribution in [2.75, 3.05) is 24.1 Å². The normalized spacial score (nSPS) is 12.0. The van der Waals surface area contributed by atoms with E-state index < -0.39 is 22.5 Å². The first-order chi connectivity index (χ1) is 16.7. The number of ether oxygens (including phenoxy) is 2. The van der Waals surface area contributed by atoms with Gasteiger partial charge in [-0.2, -0.15) is 0 Å². The summed E-state index contributed by atoms with van der Waals surface area (Å²) in [7, 11) is -4.05. The SMILES string of the molecule is CCOc1ccc([C@H](C)NC(=O)CN(c2ccc(OCC)cc2)S(=O)(=O)c2ccc(Cl)cc2)cc1. The fourth-order valence-corrected chi connectivity index (χ4v) is 4.99. The van der Waals surface area contributed by atoms with Crippen LogP contribution in [-0.2, 0) is 14.8 Å². The molecule has 1 atom stereocenters. The number of carbonyl (C=O) groups excluding carboxylic acids is 1. The van der Waals surface area contributed by atoms with Gasteiger partial charge in [-0.05, 0) is 87.0 Å². The fraction of sp³-hybridized carbons (Fsp3) is 0.269. The van der Waals surface area contributed by atoms with Crippen LogP contribution in [-0.4, -0.2) is 34.1 Å². The molecule has 0 saturated heterocycles. The van der Waals surface area contributed by atoms with Gasteiger partial charge in [-0.1, -0.05) is 23.7 Å². The highest BCUT2D eigenvalue weighted by atomic mass is 35.5. The summed E-state index contributed by atoms with van der Waals surface area (Å²) in [5.41, 5.74) is 1.21. The topological polar surface area (TPSA) is 84.9 Å². The second-order valence-corrected chi connectivity index (χ2v) is 9.98. The lowest BCUT2D eigenvalue weighted by molar-refractivity contribution is -0.120. The van der Waals surface area contributed by atoms with Crippen LogP contribution in [0.4, 0.5) is 5.69 Å². The van der Waals surface area contributed by atoms with Crippen LogP contribution in [0.25, 0.3) is 0 Å². The maximum absolute atomic E-state index is 13.5. The molecule has 35 heavy (non-hydrogen) atoms. The molecule has 9 heteroatoms. The van der Waals surface area contributed by atoms with Crippen LogP contribution in [0, 0.1) is 0 Å². The van der Waals surface area contributed by atoms with Gasteiger partial charge in [0.2, 0.25) is 5.91 Å². The average Bonchev–Trinajstić information content (AvgIpc) is 2.84. The van der Waals surface area contributed by atoms with E-state index in [0.717, 1.165) is 15.6 Å². The predicted octanol–water partition coefficient (Wildman–Crippen LogP) is 5.21. The number of nitrogens with zero attached hydrogens (tertiary/aromatic N) is 1. The molecule has 0 heterocycles. The number of benzene rings is 3. The Morgan fingerprint density at radius 3 is 1.91 bits per heavy atom. The number of rotatable bonds is 11. The molecule has 3 aromatic rings. The molecule has 7 nitrogen and oxygen atoms in total. The Labute approximate surface area is 211 Å². The number of nitrogens with one attached hydrogen (secondary N) is 1. The van der Waals surface area contributed by atoms with Gasteiger partial charge in [0.05, 0.1) is 29.8 Å². The van der Waals surface area contributed by atoms with E-state index in [2.05, 4.69) is 5.32 Å². The van der Waals surface area contributed by atoms with Crippen LogP contribution in [0.15, 0.2) is 77.7 Å². The molecule has 0 aliphatic carbocycles. The predicted molar refractivity (Wildman–Crippen MR) is 138 cm³/mol. The van der Waals surface area contributed by atoms with E-state index in [-0.39, 0.29) is 10.9 Å². The van der Waals surface area contributed by atoms with E-state index in [1.807, 2.05) is 45.0 Å². The van der Waals surface area contributed by atoms with Gasteiger partial charge in [-0.25, -0.2) is 8.42 Å². The summed E-state index contributed by atoms with van der Waals surface area (Å²) in [5.74, 6) is 0.900. The van der Waals surface area contributed by atoms with Crippen molar-refractivity contribution in [3.05, 3.63) is 83.4 Å². The summed E-state index contributed by atoms with van der Waals surface area (Å²) < 4.78 is 39.0. The molecule has 3 rings (SSSR count). The van der Waals surface area contributed by atoms with Gasteiger partial charge < -0.3 is 14.8 Å². The van der Waals surface area contributed by atoms with E-state index in [9.17, 15) is 13.2 Å². The lowest BCUT2D eigenvalue weighted by atomic mass is 10.1. The molecule has 0 aliphatic rings. The third kappa shape index (κ3) is 6.90. The van der Waals surface area contributed by atoms with Crippen molar-refractivity contribution in [2.45, 2.75) is 31.7 Å². The summed E-state index contributed by atoms with van der Waals surface area (Å²) >= 11 is 5.94. The molecule has 0 aromatic heterocycles. The molecule has 0 fully saturated rings. The molecule has 0 radical (unpaired) electrons. The van der Waals surface area contributed by atoms with Gasteiger partial charge in [0, 0.05) is 5.02 Å². The molecule has 1 amide bonds. The van der Waals surface area contributed by atoms with E-state index in [4.69, 9.17) is 21.1 Å². The average molecular weight is 517 g/mol. The zero-order chi connectivity index (χ0) is 25.4. The Balaban J connectivity index is 1.84. The maximum Gasteiger partial charge on any atom is 0.264 e. The fourth-order valence-electron chi connectivity index (χ4n) is 3.44. The molecule has 0 unspecified atom stereocenters. The minimum atomic E-state index is -4.05. The number of sulfonamides is 1. The molecule has 0 spiro atoms. The Hall–Kier alpha value is -3.23. The van der Waals surface area contributed by atoms with Gasteiger partial charge in [0.15, 0.2) is 0 Å². The van der Waals surface area contributed by atoms with E-state index >= 15 is 0 Å². The first kappa shape index (κ1) is 26.4. The Bertz CT molecular complexity index is 1210. The third-order valence-corrected chi connectivity index (χ3v) is 7.23.